The molecule has 0 spiro atoms. The summed E-state index contributed by atoms with van der Waals surface area (Å²) >= 11 is 0. The van der Waals surface area contributed by atoms with Crippen molar-refractivity contribution in [1.82, 2.24) is 14.9 Å². The summed E-state index contributed by atoms with van der Waals surface area (Å²) in [4.78, 5) is 11.4. The molecule has 1 aliphatic rings. The molecule has 0 aliphatic carbocycles. The topological polar surface area (TPSA) is 50.3 Å². The zero-order valence-corrected chi connectivity index (χ0v) is 13.4. The van der Waals surface area contributed by atoms with Crippen molar-refractivity contribution in [2.45, 2.75) is 46.0 Å². The van der Waals surface area contributed by atoms with Gasteiger partial charge in [0.1, 0.15) is 18.2 Å². The van der Waals surface area contributed by atoms with Crippen LogP contribution >= 0.6 is 0 Å². The van der Waals surface area contributed by atoms with Gasteiger partial charge in [0.25, 0.3) is 0 Å². The van der Waals surface area contributed by atoms with Crippen LogP contribution in [0.25, 0.3) is 0 Å². The Morgan fingerprint density at radius 3 is 2.71 bits per heavy atom. The fraction of sp³-hybridized carbons (Fsp3) is 0.750. The molecule has 0 aromatic carbocycles. The van der Waals surface area contributed by atoms with Gasteiger partial charge in [-0.3, -0.25) is 4.90 Å². The van der Waals surface area contributed by atoms with Crippen LogP contribution in [0, 0.1) is 0 Å². The normalized spacial score (nSPS) is 15.9. The van der Waals surface area contributed by atoms with Crippen molar-refractivity contribution in [3.63, 3.8) is 0 Å². The number of rotatable bonds is 8. The van der Waals surface area contributed by atoms with Crippen LogP contribution in [0.3, 0.4) is 0 Å². The maximum Gasteiger partial charge on any atom is 0.218 e. The highest BCUT2D eigenvalue weighted by Gasteiger charge is 2.10. The summed E-state index contributed by atoms with van der Waals surface area (Å²) in [6, 6.07) is 1.91. The average molecular weight is 292 g/mol. The van der Waals surface area contributed by atoms with Crippen LogP contribution in [-0.4, -0.2) is 47.7 Å². The van der Waals surface area contributed by atoms with E-state index in [1.807, 2.05) is 6.07 Å². The molecule has 1 aliphatic heterocycles. The number of hydrogen-bond acceptors (Lipinski definition) is 5. The lowest BCUT2D eigenvalue weighted by Gasteiger charge is -2.26. The fourth-order valence-electron chi connectivity index (χ4n) is 2.51. The first-order valence-electron chi connectivity index (χ1n) is 8.28. The van der Waals surface area contributed by atoms with Crippen molar-refractivity contribution in [1.29, 1.82) is 0 Å². The summed E-state index contributed by atoms with van der Waals surface area (Å²) in [7, 11) is 0. The number of hydrogen-bond donors (Lipinski definition) is 1. The van der Waals surface area contributed by atoms with Gasteiger partial charge in [0.05, 0.1) is 0 Å². The third-order valence-electron chi connectivity index (χ3n) is 3.73. The Bertz CT molecular complexity index is 419. The molecule has 1 N–H and O–H groups in total. The SMILES string of the molecule is CCCNc1cc(OCCN2CCCCC2)nc(CC)n1. The van der Waals surface area contributed by atoms with Gasteiger partial charge < -0.3 is 10.1 Å². The first-order chi connectivity index (χ1) is 10.3. The molecule has 5 nitrogen and oxygen atoms in total. The van der Waals surface area contributed by atoms with Gasteiger partial charge in [-0.2, -0.15) is 4.98 Å². The molecule has 0 bridgehead atoms. The van der Waals surface area contributed by atoms with E-state index in [-0.39, 0.29) is 0 Å². The quantitative estimate of drug-likeness (QED) is 0.798. The number of aromatic nitrogens is 2. The predicted molar refractivity (Wildman–Crippen MR) is 86.0 cm³/mol. The van der Waals surface area contributed by atoms with Gasteiger partial charge in [-0.15, -0.1) is 0 Å². The van der Waals surface area contributed by atoms with Crippen molar-refractivity contribution in [3.05, 3.63) is 11.9 Å². The van der Waals surface area contributed by atoms with Crippen LogP contribution < -0.4 is 10.1 Å². The lowest BCUT2D eigenvalue weighted by atomic mass is 10.1. The molecule has 2 rings (SSSR count). The molecule has 118 valence electrons. The molecule has 0 unspecified atom stereocenters. The van der Waals surface area contributed by atoms with E-state index in [2.05, 4.69) is 34.0 Å². The van der Waals surface area contributed by atoms with Gasteiger partial charge in [0.2, 0.25) is 5.88 Å². The van der Waals surface area contributed by atoms with Crippen molar-refractivity contribution >= 4 is 5.82 Å². The number of anilines is 1. The highest BCUT2D eigenvalue weighted by Crippen LogP contribution is 2.14. The Labute approximate surface area is 128 Å². The minimum Gasteiger partial charge on any atom is -0.476 e. The van der Waals surface area contributed by atoms with E-state index < -0.39 is 0 Å². The van der Waals surface area contributed by atoms with Crippen LogP contribution in [0.15, 0.2) is 6.07 Å². The van der Waals surface area contributed by atoms with Crippen LogP contribution in [0.5, 0.6) is 5.88 Å². The number of nitrogens with one attached hydrogen (secondary N) is 1. The third-order valence-corrected chi connectivity index (χ3v) is 3.73. The Kier molecular flexibility index (Phi) is 6.73. The van der Waals surface area contributed by atoms with E-state index in [0.29, 0.717) is 12.5 Å². The van der Waals surface area contributed by atoms with Crippen molar-refractivity contribution < 1.29 is 4.74 Å². The number of nitrogens with zero attached hydrogens (tertiary/aromatic N) is 3. The first-order valence-corrected chi connectivity index (χ1v) is 8.28. The lowest BCUT2D eigenvalue weighted by Crippen LogP contribution is -2.33. The van der Waals surface area contributed by atoms with E-state index in [0.717, 1.165) is 37.6 Å². The highest BCUT2D eigenvalue weighted by molar-refractivity contribution is 5.38. The second-order valence-corrected chi connectivity index (χ2v) is 5.54. The van der Waals surface area contributed by atoms with E-state index >= 15 is 0 Å². The molecule has 1 aromatic heterocycles. The number of likely N-dealkylation sites (tertiary alicyclic amines) is 1. The summed E-state index contributed by atoms with van der Waals surface area (Å²) in [5.41, 5.74) is 0. The maximum atomic E-state index is 5.84. The Morgan fingerprint density at radius 1 is 1.19 bits per heavy atom. The van der Waals surface area contributed by atoms with E-state index in [4.69, 9.17) is 4.74 Å². The molecular weight excluding hydrogens is 264 g/mol. The Hall–Kier alpha value is -1.36. The largest absolute Gasteiger partial charge is 0.476 e. The second-order valence-electron chi connectivity index (χ2n) is 5.54. The Balaban J connectivity index is 1.85. The van der Waals surface area contributed by atoms with Gasteiger partial charge >= 0.3 is 0 Å². The summed E-state index contributed by atoms with van der Waals surface area (Å²) < 4.78 is 5.84. The van der Waals surface area contributed by atoms with Gasteiger partial charge in [-0.25, -0.2) is 4.98 Å². The van der Waals surface area contributed by atoms with Gasteiger partial charge in [-0.05, 0) is 32.4 Å². The van der Waals surface area contributed by atoms with Crippen LogP contribution in [0.2, 0.25) is 0 Å². The number of ether oxygens (including phenoxy) is 1. The predicted octanol–water partition coefficient (Wildman–Crippen LogP) is 2.73. The highest BCUT2D eigenvalue weighted by atomic mass is 16.5. The minimum atomic E-state index is 0.692. The summed E-state index contributed by atoms with van der Waals surface area (Å²) in [5.74, 6) is 2.40. The summed E-state index contributed by atoms with van der Waals surface area (Å²) in [5, 5.41) is 3.31. The lowest BCUT2D eigenvalue weighted by molar-refractivity contribution is 0.180. The maximum absolute atomic E-state index is 5.84. The second kappa shape index (κ2) is 8.82. The molecular formula is C16H28N4O. The van der Waals surface area contributed by atoms with Crippen LogP contribution in [0.1, 0.15) is 45.4 Å². The van der Waals surface area contributed by atoms with E-state index in [1.165, 1.54) is 32.4 Å². The zero-order chi connectivity index (χ0) is 14.9. The first kappa shape index (κ1) is 16.0. The molecule has 21 heavy (non-hydrogen) atoms. The van der Waals surface area contributed by atoms with E-state index in [9.17, 15) is 0 Å². The molecule has 0 amide bonds. The Morgan fingerprint density at radius 2 is 2.00 bits per heavy atom. The molecule has 1 aromatic rings. The third kappa shape index (κ3) is 5.50. The number of piperidine rings is 1. The molecule has 1 saturated heterocycles. The van der Waals surface area contributed by atoms with Crippen LogP contribution in [-0.2, 0) is 6.42 Å². The van der Waals surface area contributed by atoms with Gasteiger partial charge in [-0.1, -0.05) is 20.3 Å². The van der Waals surface area contributed by atoms with Crippen molar-refractivity contribution in [2.75, 3.05) is 38.1 Å². The van der Waals surface area contributed by atoms with Gasteiger partial charge in [0.15, 0.2) is 0 Å². The van der Waals surface area contributed by atoms with Gasteiger partial charge in [0, 0.05) is 25.6 Å². The summed E-state index contributed by atoms with van der Waals surface area (Å²) in [6.07, 6.45) is 5.91. The molecule has 5 heteroatoms. The summed E-state index contributed by atoms with van der Waals surface area (Å²) in [6.45, 7) is 9.23. The fourth-order valence-corrected chi connectivity index (χ4v) is 2.51. The van der Waals surface area contributed by atoms with Crippen molar-refractivity contribution in [3.8, 4) is 5.88 Å². The van der Waals surface area contributed by atoms with Crippen molar-refractivity contribution in [2.24, 2.45) is 0 Å². The molecule has 0 radical (unpaired) electrons. The zero-order valence-electron chi connectivity index (χ0n) is 13.4. The standard InChI is InChI=1S/C16H28N4O/c1-3-8-17-15-13-16(19-14(4-2)18-15)21-12-11-20-9-6-5-7-10-20/h13H,3-12H2,1-2H3,(H,17,18,19). The smallest absolute Gasteiger partial charge is 0.218 e. The molecule has 0 saturated carbocycles. The average Bonchev–Trinajstić information content (AvgIpc) is 2.53. The number of aryl methyl sites for hydroxylation is 1. The minimum absolute atomic E-state index is 0.692. The van der Waals surface area contributed by atoms with Crippen LogP contribution in [0.4, 0.5) is 5.82 Å². The molecule has 0 atom stereocenters. The monoisotopic (exact) mass is 292 g/mol. The molecule has 1 fully saturated rings. The van der Waals surface area contributed by atoms with E-state index in [1.54, 1.807) is 0 Å². The molecule has 2 heterocycles.